The first-order chi connectivity index (χ1) is 7.38. The van der Waals surface area contributed by atoms with Crippen LogP contribution in [0.2, 0.25) is 0 Å². The zero-order valence-electron chi connectivity index (χ0n) is 9.37. The van der Waals surface area contributed by atoms with Gasteiger partial charge >= 0.3 is 0 Å². The second kappa shape index (κ2) is 3.63. The molecule has 0 amide bonds. The Kier molecular flexibility index (Phi) is 2.28. The molecule has 15 heavy (non-hydrogen) atoms. The van der Waals surface area contributed by atoms with Gasteiger partial charge in [0.2, 0.25) is 0 Å². The number of likely N-dealkylation sites (N-methyl/N-ethyl adjacent to an activating group) is 1. The van der Waals surface area contributed by atoms with Gasteiger partial charge in [0.05, 0.1) is 5.69 Å². The molecule has 3 nitrogen and oxygen atoms in total. The van der Waals surface area contributed by atoms with Crippen LogP contribution >= 0.6 is 0 Å². The number of piperidine rings is 1. The number of likely N-dealkylation sites (tertiary alicyclic amines) is 1. The van der Waals surface area contributed by atoms with Gasteiger partial charge < -0.3 is 4.90 Å². The van der Waals surface area contributed by atoms with Crippen LogP contribution in [0.15, 0.2) is 6.20 Å². The van der Waals surface area contributed by atoms with Gasteiger partial charge in [-0.1, -0.05) is 6.92 Å². The maximum absolute atomic E-state index is 4.36. The summed E-state index contributed by atoms with van der Waals surface area (Å²) in [6.07, 6.45) is 7.26. The molecule has 3 heteroatoms. The number of aromatic amines is 1. The highest BCUT2D eigenvalue weighted by atomic mass is 15.2. The largest absolute Gasteiger partial charge is 0.300 e. The van der Waals surface area contributed by atoms with Crippen LogP contribution in [0.1, 0.15) is 31.0 Å². The Bertz CT molecular complexity index is 344. The monoisotopic (exact) mass is 205 g/mol. The number of rotatable bonds is 1. The molecule has 0 bridgehead atoms. The van der Waals surface area contributed by atoms with E-state index in [0.29, 0.717) is 0 Å². The lowest BCUT2D eigenvalue weighted by Crippen LogP contribution is -2.48. The van der Waals surface area contributed by atoms with Crippen molar-refractivity contribution >= 4 is 0 Å². The Morgan fingerprint density at radius 1 is 1.53 bits per heavy atom. The fourth-order valence-corrected chi connectivity index (χ4v) is 3.31. The average Bonchev–Trinajstić information content (AvgIpc) is 2.72. The molecule has 1 fully saturated rings. The molecule has 1 N–H and O–H groups in total. The predicted molar refractivity (Wildman–Crippen MR) is 59.8 cm³/mol. The van der Waals surface area contributed by atoms with Crippen molar-refractivity contribution in [2.75, 3.05) is 13.1 Å². The molecule has 0 radical (unpaired) electrons. The first kappa shape index (κ1) is 9.40. The van der Waals surface area contributed by atoms with Crippen LogP contribution < -0.4 is 0 Å². The summed E-state index contributed by atoms with van der Waals surface area (Å²) in [5.74, 6) is 0.856. The quantitative estimate of drug-likeness (QED) is 0.755. The van der Waals surface area contributed by atoms with E-state index in [1.807, 2.05) is 0 Å². The summed E-state index contributed by atoms with van der Waals surface area (Å²) >= 11 is 0. The second-order valence-electron chi connectivity index (χ2n) is 4.86. The van der Waals surface area contributed by atoms with Crippen molar-refractivity contribution in [2.45, 2.75) is 38.6 Å². The van der Waals surface area contributed by atoms with Gasteiger partial charge in [-0.25, -0.2) is 0 Å². The van der Waals surface area contributed by atoms with E-state index in [2.05, 4.69) is 28.2 Å². The molecule has 0 unspecified atom stereocenters. The SMILES string of the molecule is CCN1CCC[C@@H]2Cc3n[nH]cc3C[C@H]21. The number of nitrogens with zero attached hydrogens (tertiary/aromatic N) is 2. The van der Waals surface area contributed by atoms with E-state index >= 15 is 0 Å². The Hall–Kier alpha value is -0.830. The maximum atomic E-state index is 4.36. The molecule has 1 aliphatic heterocycles. The van der Waals surface area contributed by atoms with Gasteiger partial charge in [-0.05, 0) is 50.3 Å². The Morgan fingerprint density at radius 2 is 2.47 bits per heavy atom. The molecule has 82 valence electrons. The molecule has 2 aliphatic rings. The second-order valence-corrected chi connectivity index (χ2v) is 4.86. The summed E-state index contributed by atoms with van der Waals surface area (Å²) in [6, 6.07) is 0.786. The summed E-state index contributed by atoms with van der Waals surface area (Å²) in [5.41, 5.74) is 2.78. The number of hydrogen-bond donors (Lipinski definition) is 1. The Balaban J connectivity index is 1.87. The standard InChI is InChI=1S/C12H19N3/c1-2-15-5-3-4-9-6-11-10(7-12(9)15)8-13-14-11/h8-9,12H,2-7H2,1H3,(H,13,14)/t9-,12-/m1/s1. The molecule has 2 heterocycles. The fourth-order valence-electron chi connectivity index (χ4n) is 3.31. The molecule has 3 rings (SSSR count). The Labute approximate surface area is 90.9 Å². The molecule has 0 saturated carbocycles. The van der Waals surface area contributed by atoms with Crippen LogP contribution in [-0.4, -0.2) is 34.2 Å². The zero-order valence-corrected chi connectivity index (χ0v) is 9.37. The smallest absolute Gasteiger partial charge is 0.0657 e. The molecule has 1 aliphatic carbocycles. The summed E-state index contributed by atoms with van der Waals surface area (Å²) in [5, 5.41) is 7.37. The number of H-pyrrole nitrogens is 1. The minimum Gasteiger partial charge on any atom is -0.300 e. The molecule has 2 atom stereocenters. The first-order valence-electron chi connectivity index (χ1n) is 6.14. The van der Waals surface area contributed by atoms with Gasteiger partial charge in [-0.15, -0.1) is 0 Å². The average molecular weight is 205 g/mol. The van der Waals surface area contributed by atoms with Gasteiger partial charge in [-0.3, -0.25) is 5.10 Å². The third kappa shape index (κ3) is 1.49. The highest BCUT2D eigenvalue weighted by molar-refractivity contribution is 5.23. The molecular weight excluding hydrogens is 186 g/mol. The third-order valence-corrected chi connectivity index (χ3v) is 4.13. The number of fused-ring (bicyclic) bond motifs is 2. The molecular formula is C12H19N3. The van der Waals surface area contributed by atoms with Crippen molar-refractivity contribution in [2.24, 2.45) is 5.92 Å². The van der Waals surface area contributed by atoms with Crippen LogP contribution in [0.3, 0.4) is 0 Å². The number of nitrogens with one attached hydrogen (secondary N) is 1. The summed E-state index contributed by atoms with van der Waals surface area (Å²) < 4.78 is 0. The lowest BCUT2D eigenvalue weighted by Gasteiger charge is -2.43. The van der Waals surface area contributed by atoms with Crippen LogP contribution in [0.5, 0.6) is 0 Å². The molecule has 0 aromatic carbocycles. The first-order valence-corrected chi connectivity index (χ1v) is 6.14. The van der Waals surface area contributed by atoms with Crippen molar-refractivity contribution in [3.63, 3.8) is 0 Å². The Morgan fingerprint density at radius 3 is 3.33 bits per heavy atom. The van der Waals surface area contributed by atoms with E-state index in [0.717, 1.165) is 12.0 Å². The fraction of sp³-hybridized carbons (Fsp3) is 0.750. The molecule has 1 saturated heterocycles. The van der Waals surface area contributed by atoms with Crippen LogP contribution in [0.25, 0.3) is 0 Å². The van der Waals surface area contributed by atoms with Crippen LogP contribution in [0.4, 0.5) is 0 Å². The van der Waals surface area contributed by atoms with Gasteiger partial charge in [0, 0.05) is 12.2 Å². The van der Waals surface area contributed by atoms with E-state index in [1.54, 1.807) is 0 Å². The van der Waals surface area contributed by atoms with Crippen LogP contribution in [0, 0.1) is 5.92 Å². The van der Waals surface area contributed by atoms with Gasteiger partial charge in [0.25, 0.3) is 0 Å². The van der Waals surface area contributed by atoms with E-state index in [1.165, 1.54) is 50.0 Å². The summed E-state index contributed by atoms with van der Waals surface area (Å²) in [4.78, 5) is 2.66. The predicted octanol–water partition coefficient (Wildman–Crippen LogP) is 1.61. The maximum Gasteiger partial charge on any atom is 0.0657 e. The van der Waals surface area contributed by atoms with Crippen molar-refractivity contribution in [1.82, 2.24) is 15.1 Å². The highest BCUT2D eigenvalue weighted by Crippen LogP contribution is 2.33. The minimum atomic E-state index is 0.786. The third-order valence-electron chi connectivity index (χ3n) is 4.13. The number of aromatic nitrogens is 2. The zero-order chi connectivity index (χ0) is 10.3. The lowest BCUT2D eigenvalue weighted by molar-refractivity contribution is 0.0904. The van der Waals surface area contributed by atoms with Gasteiger partial charge in [-0.2, -0.15) is 5.10 Å². The summed E-state index contributed by atoms with van der Waals surface area (Å²) in [6.45, 7) is 4.78. The van der Waals surface area contributed by atoms with E-state index in [4.69, 9.17) is 0 Å². The van der Waals surface area contributed by atoms with Crippen molar-refractivity contribution in [1.29, 1.82) is 0 Å². The van der Waals surface area contributed by atoms with Gasteiger partial charge in [0.15, 0.2) is 0 Å². The summed E-state index contributed by atoms with van der Waals surface area (Å²) in [7, 11) is 0. The van der Waals surface area contributed by atoms with E-state index < -0.39 is 0 Å². The van der Waals surface area contributed by atoms with Crippen LogP contribution in [-0.2, 0) is 12.8 Å². The topological polar surface area (TPSA) is 31.9 Å². The normalized spacial score (nSPS) is 31.0. The number of hydrogen-bond acceptors (Lipinski definition) is 2. The van der Waals surface area contributed by atoms with Crippen molar-refractivity contribution < 1.29 is 0 Å². The molecule has 1 aromatic rings. The van der Waals surface area contributed by atoms with Gasteiger partial charge in [0.1, 0.15) is 0 Å². The van der Waals surface area contributed by atoms with E-state index in [9.17, 15) is 0 Å². The minimum absolute atomic E-state index is 0.786. The van der Waals surface area contributed by atoms with Crippen molar-refractivity contribution in [3.05, 3.63) is 17.5 Å². The molecule has 1 aromatic heterocycles. The highest BCUT2D eigenvalue weighted by Gasteiger charge is 2.35. The molecule has 0 spiro atoms. The van der Waals surface area contributed by atoms with E-state index in [-0.39, 0.29) is 0 Å². The lowest BCUT2D eigenvalue weighted by atomic mass is 9.78. The van der Waals surface area contributed by atoms with Crippen molar-refractivity contribution in [3.8, 4) is 0 Å².